The van der Waals surface area contributed by atoms with Gasteiger partial charge >= 0.3 is 0 Å². The van der Waals surface area contributed by atoms with E-state index in [1.165, 1.54) is 12.0 Å². The van der Waals surface area contributed by atoms with Crippen molar-refractivity contribution in [3.8, 4) is 0 Å². The molecule has 0 saturated heterocycles. The summed E-state index contributed by atoms with van der Waals surface area (Å²) in [6, 6.07) is 10.5. The molecule has 2 rings (SSSR count). The van der Waals surface area contributed by atoms with Crippen molar-refractivity contribution in [3.05, 3.63) is 35.9 Å². The minimum atomic E-state index is -0.510. The van der Waals surface area contributed by atoms with Crippen LogP contribution in [0.3, 0.4) is 0 Å². The Morgan fingerprint density at radius 1 is 1.05 bits per heavy atom. The fourth-order valence-electron chi connectivity index (χ4n) is 3.15. The average molecular weight is 277 g/mol. The van der Waals surface area contributed by atoms with E-state index in [1.54, 1.807) is 0 Å². The number of likely N-dealkylation sites (N-methyl/N-ethyl adjacent to an activating group) is 1. The van der Waals surface area contributed by atoms with Crippen LogP contribution in [0.15, 0.2) is 30.3 Å². The quantitative estimate of drug-likeness (QED) is 0.897. The number of hydrogen-bond donors (Lipinski definition) is 1. The lowest BCUT2D eigenvalue weighted by atomic mass is 9.72. The van der Waals surface area contributed by atoms with E-state index in [0.29, 0.717) is 0 Å². The van der Waals surface area contributed by atoms with E-state index in [2.05, 4.69) is 43.3 Å². The van der Waals surface area contributed by atoms with Gasteiger partial charge in [0, 0.05) is 12.5 Å². The zero-order valence-electron chi connectivity index (χ0n) is 13.6. The van der Waals surface area contributed by atoms with Crippen LogP contribution < -0.4 is 0 Å². The van der Waals surface area contributed by atoms with Crippen LogP contribution in [0.1, 0.15) is 57.4 Å². The van der Waals surface area contributed by atoms with Gasteiger partial charge in [0.15, 0.2) is 0 Å². The van der Waals surface area contributed by atoms with Gasteiger partial charge in [0.1, 0.15) is 0 Å². The van der Waals surface area contributed by atoms with Crippen LogP contribution >= 0.6 is 0 Å². The van der Waals surface area contributed by atoms with Crippen LogP contribution in [0, 0.1) is 0 Å². The summed E-state index contributed by atoms with van der Waals surface area (Å²) >= 11 is 0. The molecule has 0 heterocycles. The Morgan fingerprint density at radius 3 is 2.10 bits per heavy atom. The van der Waals surface area contributed by atoms with Crippen LogP contribution in [0.5, 0.6) is 0 Å². The van der Waals surface area contributed by atoms with Gasteiger partial charge in [-0.25, -0.2) is 0 Å². The zero-order valence-corrected chi connectivity index (χ0v) is 13.6. The summed E-state index contributed by atoms with van der Waals surface area (Å²) < 4.78 is 0. The van der Waals surface area contributed by atoms with E-state index in [-0.39, 0.29) is 5.92 Å². The minimum Gasteiger partial charge on any atom is -0.389 e. The van der Waals surface area contributed by atoms with Gasteiger partial charge in [0.25, 0.3) is 0 Å². The maximum absolute atomic E-state index is 11.0. The van der Waals surface area contributed by atoms with Crippen molar-refractivity contribution < 1.29 is 5.11 Å². The number of hydrogen-bond acceptors (Lipinski definition) is 2. The summed E-state index contributed by atoms with van der Waals surface area (Å²) in [5.74, 6) is 0.231. The molecule has 1 aromatic rings. The van der Waals surface area contributed by atoms with Gasteiger partial charge in [-0.1, -0.05) is 63.4 Å². The van der Waals surface area contributed by atoms with Crippen molar-refractivity contribution in [1.29, 1.82) is 0 Å². The molecule has 20 heavy (non-hydrogen) atoms. The van der Waals surface area contributed by atoms with Crippen LogP contribution in [0.2, 0.25) is 0 Å². The van der Waals surface area contributed by atoms with Crippen molar-refractivity contribution >= 4 is 0 Å². The highest BCUT2D eigenvalue weighted by Crippen LogP contribution is 2.40. The first kappa shape index (κ1) is 17.2. The topological polar surface area (TPSA) is 23.5 Å². The molecular formula is C18H31NO. The SMILES string of the molecule is CC.CN(C)CC(c1ccccc1)C1(O)CCCCC1. The second-order valence-electron chi connectivity index (χ2n) is 5.89. The van der Waals surface area contributed by atoms with Gasteiger partial charge < -0.3 is 10.0 Å². The average Bonchev–Trinajstić information content (AvgIpc) is 2.48. The van der Waals surface area contributed by atoms with Gasteiger partial charge in [-0.05, 0) is 32.5 Å². The van der Waals surface area contributed by atoms with Crippen LogP contribution in [0.4, 0.5) is 0 Å². The van der Waals surface area contributed by atoms with Crippen LogP contribution in [-0.2, 0) is 0 Å². The zero-order chi connectivity index (χ0) is 15.0. The maximum Gasteiger partial charge on any atom is 0.0728 e. The summed E-state index contributed by atoms with van der Waals surface area (Å²) in [6.45, 7) is 4.92. The Labute approximate surface area is 124 Å². The van der Waals surface area contributed by atoms with Crippen LogP contribution in [0.25, 0.3) is 0 Å². The second-order valence-corrected chi connectivity index (χ2v) is 5.89. The Bertz CT molecular complexity index is 355. The Morgan fingerprint density at radius 2 is 1.60 bits per heavy atom. The molecule has 1 aliphatic rings. The molecule has 114 valence electrons. The summed E-state index contributed by atoms with van der Waals surface area (Å²) in [7, 11) is 4.17. The van der Waals surface area contributed by atoms with E-state index < -0.39 is 5.60 Å². The molecule has 0 spiro atoms. The predicted octanol–water partition coefficient (Wildman–Crippen LogP) is 4.05. The fourth-order valence-corrected chi connectivity index (χ4v) is 3.15. The van der Waals surface area contributed by atoms with Gasteiger partial charge in [-0.3, -0.25) is 0 Å². The van der Waals surface area contributed by atoms with Gasteiger partial charge in [0.05, 0.1) is 5.60 Å². The summed E-state index contributed by atoms with van der Waals surface area (Å²) in [5.41, 5.74) is 0.764. The van der Waals surface area contributed by atoms with Crippen molar-refractivity contribution in [2.24, 2.45) is 0 Å². The summed E-state index contributed by atoms with van der Waals surface area (Å²) in [4.78, 5) is 2.18. The highest BCUT2D eigenvalue weighted by molar-refractivity contribution is 5.24. The number of benzene rings is 1. The van der Waals surface area contributed by atoms with Crippen molar-refractivity contribution in [1.82, 2.24) is 4.90 Å². The molecule has 0 amide bonds. The molecule has 0 radical (unpaired) electrons. The highest BCUT2D eigenvalue weighted by Gasteiger charge is 2.38. The Balaban J connectivity index is 0.000000956. The molecule has 1 aromatic carbocycles. The molecular weight excluding hydrogens is 246 g/mol. The van der Waals surface area contributed by atoms with E-state index in [4.69, 9.17) is 0 Å². The number of nitrogens with zero attached hydrogens (tertiary/aromatic N) is 1. The molecule has 2 nitrogen and oxygen atoms in total. The first-order chi connectivity index (χ1) is 9.62. The number of rotatable bonds is 4. The van der Waals surface area contributed by atoms with Crippen LogP contribution in [-0.4, -0.2) is 36.2 Å². The third kappa shape index (κ3) is 4.60. The van der Waals surface area contributed by atoms with Crippen molar-refractivity contribution in [2.45, 2.75) is 57.5 Å². The highest BCUT2D eigenvalue weighted by atomic mass is 16.3. The molecule has 0 aliphatic heterocycles. The van der Waals surface area contributed by atoms with Gasteiger partial charge in [-0.15, -0.1) is 0 Å². The molecule has 1 unspecified atom stereocenters. The Hall–Kier alpha value is -0.860. The van der Waals surface area contributed by atoms with Crippen molar-refractivity contribution in [3.63, 3.8) is 0 Å². The largest absolute Gasteiger partial charge is 0.389 e. The standard InChI is InChI=1S/C16H25NO.C2H6/c1-17(2)13-15(14-9-5-3-6-10-14)16(18)11-7-4-8-12-16;1-2/h3,5-6,9-10,15,18H,4,7-8,11-13H2,1-2H3;1-2H3. The summed E-state index contributed by atoms with van der Waals surface area (Å²) in [5, 5.41) is 11.0. The maximum atomic E-state index is 11.0. The smallest absolute Gasteiger partial charge is 0.0728 e. The lowest BCUT2D eigenvalue weighted by molar-refractivity contribution is -0.0277. The van der Waals surface area contributed by atoms with Gasteiger partial charge in [-0.2, -0.15) is 0 Å². The lowest BCUT2D eigenvalue weighted by Crippen LogP contribution is -2.42. The molecule has 1 N–H and O–H groups in total. The molecule has 1 aliphatic carbocycles. The monoisotopic (exact) mass is 277 g/mol. The molecule has 1 atom stereocenters. The predicted molar refractivity (Wildman–Crippen MR) is 87.1 cm³/mol. The molecule has 0 bridgehead atoms. The third-order valence-electron chi connectivity index (χ3n) is 4.12. The molecule has 0 aromatic heterocycles. The first-order valence-corrected chi connectivity index (χ1v) is 8.04. The second kappa shape index (κ2) is 8.43. The number of aliphatic hydroxyl groups is 1. The fraction of sp³-hybridized carbons (Fsp3) is 0.667. The molecule has 1 saturated carbocycles. The minimum absolute atomic E-state index is 0.231. The van der Waals surface area contributed by atoms with E-state index in [1.807, 2.05) is 19.9 Å². The first-order valence-electron chi connectivity index (χ1n) is 8.04. The third-order valence-corrected chi connectivity index (χ3v) is 4.12. The van der Waals surface area contributed by atoms with E-state index >= 15 is 0 Å². The van der Waals surface area contributed by atoms with Crippen molar-refractivity contribution in [2.75, 3.05) is 20.6 Å². The lowest BCUT2D eigenvalue weighted by Gasteiger charge is -2.40. The molecule has 1 fully saturated rings. The molecule has 2 heteroatoms. The normalized spacial score (nSPS) is 19.1. The summed E-state index contributed by atoms with van der Waals surface area (Å²) in [6.07, 6.45) is 5.48. The van der Waals surface area contributed by atoms with E-state index in [0.717, 1.165) is 32.2 Å². The van der Waals surface area contributed by atoms with Gasteiger partial charge in [0.2, 0.25) is 0 Å². The van der Waals surface area contributed by atoms with E-state index in [9.17, 15) is 5.11 Å². The Kier molecular flexibility index (Phi) is 7.25.